The van der Waals surface area contributed by atoms with Gasteiger partial charge in [0.1, 0.15) is 0 Å². The fraction of sp³-hybridized carbons (Fsp3) is 0.350. The Bertz CT molecular complexity index is 938. The van der Waals surface area contributed by atoms with Crippen LogP contribution in [0.25, 0.3) is 0 Å². The van der Waals surface area contributed by atoms with E-state index in [0.717, 1.165) is 49.2 Å². The molecule has 8 nitrogen and oxygen atoms in total. The van der Waals surface area contributed by atoms with E-state index in [2.05, 4.69) is 49.5 Å². The third-order valence-electron chi connectivity index (χ3n) is 5.25. The first-order valence-electron chi connectivity index (χ1n) is 9.54. The number of fused-ring (bicyclic) bond motifs is 1. The SMILES string of the molecule is Cn1cc(C2CN=C3C(Nc4ccc(N5CCOCC5)cc4)=NC=CN32)cn1. The number of hydrogen-bond acceptors (Lipinski definition) is 7. The summed E-state index contributed by atoms with van der Waals surface area (Å²) in [5.41, 5.74) is 3.37. The van der Waals surface area contributed by atoms with Crippen molar-refractivity contribution in [1.29, 1.82) is 0 Å². The van der Waals surface area contributed by atoms with E-state index in [1.165, 1.54) is 5.69 Å². The van der Waals surface area contributed by atoms with Crippen molar-refractivity contribution in [3.05, 3.63) is 54.6 Å². The Morgan fingerprint density at radius 1 is 1.14 bits per heavy atom. The first-order valence-corrected chi connectivity index (χ1v) is 9.54. The van der Waals surface area contributed by atoms with Gasteiger partial charge in [0.15, 0.2) is 11.7 Å². The van der Waals surface area contributed by atoms with E-state index in [4.69, 9.17) is 9.73 Å². The topological polar surface area (TPSA) is 70.3 Å². The van der Waals surface area contributed by atoms with E-state index in [1.54, 1.807) is 0 Å². The van der Waals surface area contributed by atoms with Crippen molar-refractivity contribution >= 4 is 23.0 Å². The minimum Gasteiger partial charge on any atom is -0.378 e. The molecule has 0 amide bonds. The Morgan fingerprint density at radius 2 is 1.96 bits per heavy atom. The number of hydrogen-bond donors (Lipinski definition) is 1. The van der Waals surface area contributed by atoms with E-state index < -0.39 is 0 Å². The van der Waals surface area contributed by atoms with Crippen LogP contribution in [0, 0.1) is 0 Å². The van der Waals surface area contributed by atoms with Crippen molar-refractivity contribution in [1.82, 2.24) is 14.7 Å². The van der Waals surface area contributed by atoms with E-state index in [9.17, 15) is 0 Å². The lowest BCUT2D eigenvalue weighted by molar-refractivity contribution is 0.122. The molecule has 8 heteroatoms. The highest BCUT2D eigenvalue weighted by molar-refractivity contribution is 6.45. The molecule has 1 aromatic carbocycles. The minimum absolute atomic E-state index is 0.163. The summed E-state index contributed by atoms with van der Waals surface area (Å²) in [7, 11) is 1.93. The van der Waals surface area contributed by atoms with Gasteiger partial charge in [-0.15, -0.1) is 0 Å². The minimum atomic E-state index is 0.163. The quantitative estimate of drug-likeness (QED) is 0.886. The van der Waals surface area contributed by atoms with E-state index in [-0.39, 0.29) is 6.04 Å². The summed E-state index contributed by atoms with van der Waals surface area (Å²) in [5.74, 6) is 1.64. The van der Waals surface area contributed by atoms with Gasteiger partial charge >= 0.3 is 0 Å². The molecule has 0 bridgehead atoms. The summed E-state index contributed by atoms with van der Waals surface area (Å²) in [6, 6.07) is 8.61. The number of benzene rings is 1. The molecule has 0 spiro atoms. The van der Waals surface area contributed by atoms with Crippen LogP contribution in [0.3, 0.4) is 0 Å². The summed E-state index contributed by atoms with van der Waals surface area (Å²) in [4.78, 5) is 13.8. The van der Waals surface area contributed by atoms with E-state index >= 15 is 0 Å². The molecule has 1 fully saturated rings. The fourth-order valence-electron chi connectivity index (χ4n) is 3.78. The Morgan fingerprint density at radius 3 is 2.71 bits per heavy atom. The lowest BCUT2D eigenvalue weighted by Gasteiger charge is -2.29. The molecule has 1 aromatic heterocycles. The van der Waals surface area contributed by atoms with Crippen LogP contribution >= 0.6 is 0 Å². The second-order valence-corrected chi connectivity index (χ2v) is 7.08. The van der Waals surface area contributed by atoms with Gasteiger partial charge in [-0.2, -0.15) is 5.10 Å². The van der Waals surface area contributed by atoms with E-state index in [1.807, 2.05) is 36.5 Å². The molecule has 0 aliphatic carbocycles. The normalized spacial score (nSPS) is 21.4. The van der Waals surface area contributed by atoms with Gasteiger partial charge in [-0.1, -0.05) is 0 Å². The van der Waals surface area contributed by atoms with Crippen molar-refractivity contribution in [2.75, 3.05) is 43.1 Å². The summed E-state index contributed by atoms with van der Waals surface area (Å²) in [6.07, 6.45) is 7.74. The standard InChI is InChI=1S/C20H23N7O/c1-25-14-15(12-23-25)18-13-22-20-19(21-6-7-27(18)20)24-16-2-4-17(5-3-16)26-8-10-28-11-9-26/h2-7,12,14,18H,8-11,13H2,1H3,(H,21,24). The Labute approximate surface area is 163 Å². The zero-order chi connectivity index (χ0) is 18.9. The third-order valence-corrected chi connectivity index (χ3v) is 5.25. The van der Waals surface area contributed by atoms with Crippen molar-refractivity contribution in [2.45, 2.75) is 6.04 Å². The number of rotatable bonds is 3. The molecule has 1 saturated heterocycles. The summed E-state index contributed by atoms with van der Waals surface area (Å²) >= 11 is 0. The number of aliphatic imine (C=N–C) groups is 2. The van der Waals surface area contributed by atoms with Gasteiger partial charge in [0.05, 0.1) is 32.0 Å². The van der Waals surface area contributed by atoms with Crippen LogP contribution in [0.5, 0.6) is 0 Å². The molecule has 4 heterocycles. The average molecular weight is 377 g/mol. The zero-order valence-electron chi connectivity index (χ0n) is 15.8. The molecule has 0 radical (unpaired) electrons. The Hall–Kier alpha value is -3.13. The molecular weight excluding hydrogens is 354 g/mol. The third kappa shape index (κ3) is 3.16. The molecule has 1 unspecified atom stereocenters. The Kier molecular flexibility index (Phi) is 4.32. The number of aryl methyl sites for hydroxylation is 1. The maximum Gasteiger partial charge on any atom is 0.173 e. The number of morpholine rings is 1. The number of anilines is 2. The number of ether oxygens (including phenoxy) is 1. The molecule has 2 aromatic rings. The van der Waals surface area contributed by atoms with Gasteiger partial charge in [0.25, 0.3) is 0 Å². The summed E-state index contributed by atoms with van der Waals surface area (Å²) in [5, 5.41) is 7.71. The van der Waals surface area contributed by atoms with Gasteiger partial charge in [0, 0.05) is 55.7 Å². The fourth-order valence-corrected chi connectivity index (χ4v) is 3.78. The highest BCUT2D eigenvalue weighted by atomic mass is 16.5. The van der Waals surface area contributed by atoms with Gasteiger partial charge in [-0.05, 0) is 24.3 Å². The highest BCUT2D eigenvalue weighted by Crippen LogP contribution is 2.29. The lowest BCUT2D eigenvalue weighted by atomic mass is 10.1. The number of nitrogens with zero attached hydrogens (tertiary/aromatic N) is 6. The molecule has 1 atom stereocenters. The maximum absolute atomic E-state index is 5.43. The van der Waals surface area contributed by atoms with Crippen molar-refractivity contribution in [3.8, 4) is 0 Å². The zero-order valence-corrected chi connectivity index (χ0v) is 15.8. The predicted octanol–water partition coefficient (Wildman–Crippen LogP) is 2.01. The molecular formula is C20H23N7O. The second kappa shape index (κ2) is 7.12. The van der Waals surface area contributed by atoms with Crippen LogP contribution in [0.1, 0.15) is 11.6 Å². The molecule has 1 N–H and O–H groups in total. The predicted molar refractivity (Wildman–Crippen MR) is 110 cm³/mol. The number of nitrogens with one attached hydrogen (secondary N) is 1. The van der Waals surface area contributed by atoms with Crippen molar-refractivity contribution in [3.63, 3.8) is 0 Å². The number of amidine groups is 2. The van der Waals surface area contributed by atoms with E-state index in [0.29, 0.717) is 6.54 Å². The Balaban J connectivity index is 1.29. The van der Waals surface area contributed by atoms with Crippen LogP contribution in [0.4, 0.5) is 11.4 Å². The van der Waals surface area contributed by atoms with Crippen molar-refractivity contribution in [2.24, 2.45) is 17.0 Å². The molecule has 0 saturated carbocycles. The largest absolute Gasteiger partial charge is 0.378 e. The van der Waals surface area contributed by atoms with Crippen LogP contribution in [0.2, 0.25) is 0 Å². The molecule has 28 heavy (non-hydrogen) atoms. The van der Waals surface area contributed by atoms with Gasteiger partial charge in [-0.25, -0.2) is 4.99 Å². The van der Waals surface area contributed by atoms with Crippen LogP contribution in [-0.2, 0) is 11.8 Å². The van der Waals surface area contributed by atoms with Gasteiger partial charge < -0.3 is 19.9 Å². The van der Waals surface area contributed by atoms with Gasteiger partial charge in [0.2, 0.25) is 0 Å². The van der Waals surface area contributed by atoms with Crippen LogP contribution in [0.15, 0.2) is 59.0 Å². The lowest BCUT2D eigenvalue weighted by Crippen LogP contribution is -2.37. The first kappa shape index (κ1) is 17.0. The molecule has 3 aliphatic heterocycles. The molecule has 144 valence electrons. The number of aromatic nitrogens is 2. The monoisotopic (exact) mass is 377 g/mol. The summed E-state index contributed by atoms with van der Waals surface area (Å²) < 4.78 is 7.25. The average Bonchev–Trinajstić information content (AvgIpc) is 3.36. The van der Waals surface area contributed by atoms with Crippen molar-refractivity contribution < 1.29 is 4.74 Å². The maximum atomic E-state index is 5.43. The molecule has 5 rings (SSSR count). The smallest absolute Gasteiger partial charge is 0.173 e. The van der Waals surface area contributed by atoms with Crippen LogP contribution in [-0.4, -0.2) is 59.2 Å². The van der Waals surface area contributed by atoms with Crippen LogP contribution < -0.4 is 10.2 Å². The molecule has 3 aliphatic rings. The first-order chi connectivity index (χ1) is 13.8. The summed E-state index contributed by atoms with van der Waals surface area (Å²) in [6.45, 7) is 4.15. The highest BCUT2D eigenvalue weighted by Gasteiger charge is 2.32. The van der Waals surface area contributed by atoms with Gasteiger partial charge in [-0.3, -0.25) is 9.67 Å². The second-order valence-electron chi connectivity index (χ2n) is 7.08.